The van der Waals surface area contributed by atoms with Crippen LogP contribution in [-0.2, 0) is 4.79 Å². The van der Waals surface area contributed by atoms with Crippen LogP contribution in [0.15, 0.2) is 36.4 Å². The van der Waals surface area contributed by atoms with E-state index in [0.29, 0.717) is 0 Å². The molecule has 0 bridgehead atoms. The first-order valence-electron chi connectivity index (χ1n) is 5.13. The molecule has 0 aliphatic rings. The van der Waals surface area contributed by atoms with Gasteiger partial charge in [0, 0.05) is 0 Å². The second kappa shape index (κ2) is 5.35. The van der Waals surface area contributed by atoms with Gasteiger partial charge in [-0.3, -0.25) is 4.79 Å². The third kappa shape index (κ3) is 3.58. The highest BCUT2D eigenvalue weighted by molar-refractivity contribution is 5.87. The topological polar surface area (TPSA) is 29.1 Å². The molecule has 0 aromatic heterocycles. The second-order valence-corrected chi connectivity index (χ2v) is 3.64. The summed E-state index contributed by atoms with van der Waals surface area (Å²) in [4.78, 5) is 11.3. The molecule has 0 heterocycles. The maximum atomic E-state index is 11.3. The van der Waals surface area contributed by atoms with Crippen molar-refractivity contribution in [1.29, 1.82) is 0 Å². The molecule has 1 atom stereocenters. The smallest absolute Gasteiger partial charge is 0.244 e. The molecule has 2 nitrogen and oxygen atoms in total. The Kier molecular flexibility index (Phi) is 4.10. The number of benzene rings is 1. The lowest BCUT2D eigenvalue weighted by molar-refractivity contribution is -0.117. The lowest BCUT2D eigenvalue weighted by Crippen LogP contribution is -2.24. The van der Waals surface area contributed by atoms with Crippen LogP contribution in [0.1, 0.15) is 31.0 Å². The number of rotatable bonds is 3. The van der Waals surface area contributed by atoms with Crippen LogP contribution in [0, 0.1) is 6.92 Å². The molecule has 1 aromatic carbocycles. The minimum atomic E-state index is -0.0504. The van der Waals surface area contributed by atoms with Crippen molar-refractivity contribution in [2.45, 2.75) is 26.8 Å². The van der Waals surface area contributed by atoms with E-state index in [1.165, 1.54) is 11.6 Å². The summed E-state index contributed by atoms with van der Waals surface area (Å²) < 4.78 is 0. The van der Waals surface area contributed by atoms with Crippen molar-refractivity contribution < 1.29 is 4.79 Å². The lowest BCUT2D eigenvalue weighted by atomic mass is 10.1. The molecular weight excluding hydrogens is 186 g/mol. The molecule has 1 N–H and O–H groups in total. The van der Waals surface area contributed by atoms with Crippen molar-refractivity contribution in [2.24, 2.45) is 0 Å². The Morgan fingerprint density at radius 1 is 1.33 bits per heavy atom. The highest BCUT2D eigenvalue weighted by atomic mass is 16.1. The van der Waals surface area contributed by atoms with Crippen LogP contribution >= 0.6 is 0 Å². The Balaban J connectivity index is 2.64. The molecule has 1 unspecified atom stereocenters. The summed E-state index contributed by atoms with van der Waals surface area (Å²) in [7, 11) is 0. The van der Waals surface area contributed by atoms with E-state index in [-0.39, 0.29) is 11.9 Å². The van der Waals surface area contributed by atoms with Gasteiger partial charge in [0.05, 0.1) is 6.04 Å². The first kappa shape index (κ1) is 11.5. The molecule has 1 amide bonds. The summed E-state index contributed by atoms with van der Waals surface area (Å²) in [5.41, 5.74) is 2.35. The summed E-state index contributed by atoms with van der Waals surface area (Å²) in [6.07, 6.45) is 3.27. The van der Waals surface area contributed by atoms with Crippen molar-refractivity contribution in [2.75, 3.05) is 0 Å². The Hall–Kier alpha value is -1.57. The van der Waals surface area contributed by atoms with Crippen molar-refractivity contribution in [3.8, 4) is 0 Å². The molecule has 15 heavy (non-hydrogen) atoms. The van der Waals surface area contributed by atoms with E-state index in [2.05, 4.69) is 5.32 Å². The van der Waals surface area contributed by atoms with Crippen LogP contribution in [0.3, 0.4) is 0 Å². The molecule has 2 heteroatoms. The molecule has 0 radical (unpaired) electrons. The number of amides is 1. The average Bonchev–Trinajstić information content (AvgIpc) is 2.18. The summed E-state index contributed by atoms with van der Waals surface area (Å²) in [5.74, 6) is -0.0504. The van der Waals surface area contributed by atoms with E-state index >= 15 is 0 Å². The van der Waals surface area contributed by atoms with E-state index in [9.17, 15) is 4.79 Å². The number of allylic oxidation sites excluding steroid dienone is 1. The van der Waals surface area contributed by atoms with Gasteiger partial charge in [0.15, 0.2) is 0 Å². The molecule has 0 fully saturated rings. The van der Waals surface area contributed by atoms with Gasteiger partial charge in [-0.2, -0.15) is 0 Å². The van der Waals surface area contributed by atoms with Crippen molar-refractivity contribution in [1.82, 2.24) is 5.32 Å². The molecule has 1 rings (SSSR count). The number of nitrogens with one attached hydrogen (secondary N) is 1. The molecule has 0 saturated carbocycles. The highest BCUT2D eigenvalue weighted by Crippen LogP contribution is 2.12. The summed E-state index contributed by atoms with van der Waals surface area (Å²) >= 11 is 0. The quantitative estimate of drug-likeness (QED) is 0.752. The predicted octanol–water partition coefficient (Wildman–Crippen LogP) is 2.75. The number of carbonyl (C=O) groups excluding carboxylic acids is 1. The average molecular weight is 203 g/mol. The zero-order valence-electron chi connectivity index (χ0n) is 9.45. The lowest BCUT2D eigenvalue weighted by Gasteiger charge is -2.12. The third-order valence-corrected chi connectivity index (χ3v) is 2.25. The first-order chi connectivity index (χ1) is 7.13. The standard InChI is InChI=1S/C13H17NO/c1-4-5-13(15)14-11(3)12-8-6-10(2)7-9-12/h4-9,11H,1-3H3,(H,14,15)/b5-4+. The van der Waals surface area contributed by atoms with Crippen LogP contribution in [0.2, 0.25) is 0 Å². The molecule has 0 saturated heterocycles. The van der Waals surface area contributed by atoms with Crippen LogP contribution < -0.4 is 5.32 Å². The monoisotopic (exact) mass is 203 g/mol. The Labute approximate surface area is 91.0 Å². The molecule has 80 valence electrons. The summed E-state index contributed by atoms with van der Waals surface area (Å²) in [6.45, 7) is 5.86. The number of carbonyl (C=O) groups is 1. The minimum absolute atomic E-state index is 0.0503. The largest absolute Gasteiger partial charge is 0.346 e. The van der Waals surface area contributed by atoms with Gasteiger partial charge in [-0.25, -0.2) is 0 Å². The van der Waals surface area contributed by atoms with Gasteiger partial charge >= 0.3 is 0 Å². The zero-order chi connectivity index (χ0) is 11.3. The number of hydrogen-bond acceptors (Lipinski definition) is 1. The van der Waals surface area contributed by atoms with Gasteiger partial charge in [0.2, 0.25) is 5.91 Å². The van der Waals surface area contributed by atoms with Gasteiger partial charge in [0.25, 0.3) is 0 Å². The summed E-state index contributed by atoms with van der Waals surface area (Å²) in [6, 6.07) is 8.22. The van der Waals surface area contributed by atoms with Gasteiger partial charge in [-0.15, -0.1) is 0 Å². The van der Waals surface area contributed by atoms with Crippen LogP contribution in [0.5, 0.6) is 0 Å². The fourth-order valence-electron chi connectivity index (χ4n) is 1.35. The van der Waals surface area contributed by atoms with E-state index in [1.54, 1.807) is 6.08 Å². The molecule has 0 spiro atoms. The fourth-order valence-corrected chi connectivity index (χ4v) is 1.35. The van der Waals surface area contributed by atoms with Crippen molar-refractivity contribution >= 4 is 5.91 Å². The number of hydrogen-bond donors (Lipinski definition) is 1. The predicted molar refractivity (Wildman–Crippen MR) is 62.6 cm³/mol. The Morgan fingerprint density at radius 2 is 1.93 bits per heavy atom. The normalized spacial score (nSPS) is 12.7. The number of aryl methyl sites for hydroxylation is 1. The third-order valence-electron chi connectivity index (χ3n) is 2.25. The van der Waals surface area contributed by atoms with E-state index in [1.807, 2.05) is 45.0 Å². The fraction of sp³-hybridized carbons (Fsp3) is 0.308. The van der Waals surface area contributed by atoms with Gasteiger partial charge in [-0.05, 0) is 32.4 Å². The van der Waals surface area contributed by atoms with Crippen molar-refractivity contribution in [3.63, 3.8) is 0 Å². The minimum Gasteiger partial charge on any atom is -0.346 e. The maximum Gasteiger partial charge on any atom is 0.244 e. The summed E-state index contributed by atoms with van der Waals surface area (Å²) in [5, 5.41) is 2.89. The van der Waals surface area contributed by atoms with E-state index in [0.717, 1.165) is 5.56 Å². The van der Waals surface area contributed by atoms with Crippen LogP contribution in [0.4, 0.5) is 0 Å². The van der Waals surface area contributed by atoms with Crippen LogP contribution in [-0.4, -0.2) is 5.91 Å². The van der Waals surface area contributed by atoms with Gasteiger partial charge < -0.3 is 5.32 Å². The first-order valence-corrected chi connectivity index (χ1v) is 5.13. The van der Waals surface area contributed by atoms with Crippen molar-refractivity contribution in [3.05, 3.63) is 47.5 Å². The molecule has 1 aromatic rings. The van der Waals surface area contributed by atoms with Gasteiger partial charge in [-0.1, -0.05) is 35.9 Å². The van der Waals surface area contributed by atoms with Gasteiger partial charge in [0.1, 0.15) is 0 Å². The molecular formula is C13H17NO. The van der Waals surface area contributed by atoms with E-state index in [4.69, 9.17) is 0 Å². The Bertz CT molecular complexity index is 351. The molecule has 0 aliphatic carbocycles. The highest BCUT2D eigenvalue weighted by Gasteiger charge is 2.06. The maximum absolute atomic E-state index is 11.3. The van der Waals surface area contributed by atoms with Crippen LogP contribution in [0.25, 0.3) is 0 Å². The van der Waals surface area contributed by atoms with E-state index < -0.39 is 0 Å². The zero-order valence-corrected chi connectivity index (χ0v) is 9.45. The Morgan fingerprint density at radius 3 is 2.47 bits per heavy atom. The molecule has 0 aliphatic heterocycles. The SMILES string of the molecule is C/C=C/C(=O)NC(C)c1ccc(C)cc1. The second-order valence-electron chi connectivity index (χ2n) is 3.64.